The van der Waals surface area contributed by atoms with E-state index in [1.165, 1.54) is 12.1 Å². The van der Waals surface area contributed by atoms with Gasteiger partial charge in [0.1, 0.15) is 5.82 Å². The molecule has 1 aliphatic heterocycles. The highest BCUT2D eigenvalue weighted by Crippen LogP contribution is 2.31. The zero-order valence-electron chi connectivity index (χ0n) is 11.3. The van der Waals surface area contributed by atoms with E-state index in [1.54, 1.807) is 18.2 Å². The van der Waals surface area contributed by atoms with Crippen LogP contribution in [0, 0.1) is 5.82 Å². The summed E-state index contributed by atoms with van der Waals surface area (Å²) in [6.07, 6.45) is -0.179. The van der Waals surface area contributed by atoms with Crippen LogP contribution in [0.5, 0.6) is 0 Å². The number of nitrogens with one attached hydrogen (secondary N) is 1. The third kappa shape index (κ3) is 2.97. The number of amides is 1. The Kier molecular flexibility index (Phi) is 3.48. The minimum Gasteiger partial charge on any atom is -0.465 e. The van der Waals surface area contributed by atoms with E-state index >= 15 is 0 Å². The molecule has 1 heterocycles. The smallest absolute Gasteiger partial charge is 0.409 e. The molecule has 1 aliphatic rings. The molecule has 0 aromatic heterocycles. The van der Waals surface area contributed by atoms with Crippen LogP contribution in [-0.4, -0.2) is 17.7 Å². The van der Waals surface area contributed by atoms with E-state index in [2.05, 4.69) is 10.2 Å². The van der Waals surface area contributed by atoms with Crippen LogP contribution in [0.15, 0.2) is 42.5 Å². The largest absolute Gasteiger partial charge is 0.465 e. The van der Waals surface area contributed by atoms with Crippen molar-refractivity contribution >= 4 is 17.5 Å². The Morgan fingerprint density at radius 2 is 2.00 bits per heavy atom. The van der Waals surface area contributed by atoms with Crippen LogP contribution in [-0.2, 0) is 13.0 Å². The fourth-order valence-corrected chi connectivity index (χ4v) is 2.65. The molecule has 21 heavy (non-hydrogen) atoms. The molecule has 108 valence electrons. The zero-order valence-corrected chi connectivity index (χ0v) is 11.3. The Labute approximate surface area is 121 Å². The summed E-state index contributed by atoms with van der Waals surface area (Å²) >= 11 is 0. The first-order chi connectivity index (χ1) is 10.1. The van der Waals surface area contributed by atoms with Gasteiger partial charge in [-0.05, 0) is 47.9 Å². The Bertz CT molecular complexity index is 670. The molecule has 0 saturated heterocycles. The molecule has 3 rings (SSSR count). The molecule has 0 spiro atoms. The lowest BCUT2D eigenvalue weighted by Crippen LogP contribution is -2.19. The van der Waals surface area contributed by atoms with Gasteiger partial charge < -0.3 is 10.0 Å². The molecule has 0 radical (unpaired) electrons. The summed E-state index contributed by atoms with van der Waals surface area (Å²) < 4.78 is 12.9. The number of halogens is 1. The van der Waals surface area contributed by atoms with Crippen LogP contribution < -0.4 is 10.2 Å². The van der Waals surface area contributed by atoms with E-state index in [0.717, 1.165) is 36.3 Å². The summed E-state index contributed by atoms with van der Waals surface area (Å²) in [6.45, 7) is 1.60. The molecule has 2 aromatic carbocycles. The predicted molar refractivity (Wildman–Crippen MR) is 79.2 cm³/mol. The first-order valence-electron chi connectivity index (χ1n) is 6.74. The number of anilines is 2. The minimum atomic E-state index is -1.06. The molecule has 0 aliphatic carbocycles. The number of benzene rings is 2. The normalized spacial score (nSPS) is 13.1. The maximum absolute atomic E-state index is 12.9. The number of nitrogens with zero attached hydrogens (tertiary/aromatic N) is 1. The van der Waals surface area contributed by atoms with Crippen molar-refractivity contribution in [1.29, 1.82) is 0 Å². The van der Waals surface area contributed by atoms with Gasteiger partial charge in [0.25, 0.3) is 0 Å². The van der Waals surface area contributed by atoms with Gasteiger partial charge in [0.2, 0.25) is 0 Å². The van der Waals surface area contributed by atoms with Gasteiger partial charge in [0.05, 0.1) is 0 Å². The molecule has 0 unspecified atom stereocenters. The second kappa shape index (κ2) is 5.44. The van der Waals surface area contributed by atoms with Gasteiger partial charge in [-0.3, -0.25) is 5.32 Å². The highest BCUT2D eigenvalue weighted by molar-refractivity contribution is 5.83. The van der Waals surface area contributed by atoms with Crippen molar-refractivity contribution < 1.29 is 14.3 Å². The Morgan fingerprint density at radius 1 is 1.24 bits per heavy atom. The SMILES string of the molecule is O=C(O)Nc1ccc2c(c1)CCN2Cc1ccc(F)cc1. The fourth-order valence-electron chi connectivity index (χ4n) is 2.65. The van der Waals surface area contributed by atoms with Gasteiger partial charge in [-0.2, -0.15) is 0 Å². The highest BCUT2D eigenvalue weighted by Gasteiger charge is 2.19. The van der Waals surface area contributed by atoms with Crippen LogP contribution in [0.25, 0.3) is 0 Å². The maximum Gasteiger partial charge on any atom is 0.409 e. The Morgan fingerprint density at radius 3 is 2.71 bits per heavy atom. The molecule has 1 amide bonds. The maximum atomic E-state index is 12.9. The molecule has 0 saturated carbocycles. The average Bonchev–Trinajstić information content (AvgIpc) is 2.83. The van der Waals surface area contributed by atoms with Crippen molar-refractivity contribution in [2.45, 2.75) is 13.0 Å². The van der Waals surface area contributed by atoms with Gasteiger partial charge in [-0.1, -0.05) is 12.1 Å². The lowest BCUT2D eigenvalue weighted by atomic mass is 10.1. The molecule has 0 atom stereocenters. The van der Waals surface area contributed by atoms with Crippen LogP contribution >= 0.6 is 0 Å². The van der Waals surface area contributed by atoms with Gasteiger partial charge in [0.15, 0.2) is 0 Å². The van der Waals surface area contributed by atoms with Gasteiger partial charge in [0, 0.05) is 24.5 Å². The molecule has 2 aromatic rings. The van der Waals surface area contributed by atoms with E-state index in [0.29, 0.717) is 5.69 Å². The number of hydrogen-bond acceptors (Lipinski definition) is 2. The number of fused-ring (bicyclic) bond motifs is 1. The minimum absolute atomic E-state index is 0.232. The molecular formula is C16H15FN2O2. The summed E-state index contributed by atoms with van der Waals surface area (Å²) in [4.78, 5) is 12.9. The summed E-state index contributed by atoms with van der Waals surface area (Å²) in [5.41, 5.74) is 3.88. The van der Waals surface area contributed by atoms with Crippen molar-refractivity contribution in [3.63, 3.8) is 0 Å². The molecule has 2 N–H and O–H groups in total. The number of rotatable bonds is 3. The van der Waals surface area contributed by atoms with E-state index in [1.807, 2.05) is 12.1 Å². The second-order valence-corrected chi connectivity index (χ2v) is 5.07. The van der Waals surface area contributed by atoms with Gasteiger partial charge in [-0.25, -0.2) is 9.18 Å². The van der Waals surface area contributed by atoms with E-state index in [9.17, 15) is 9.18 Å². The molecule has 4 nitrogen and oxygen atoms in total. The van der Waals surface area contributed by atoms with Crippen molar-refractivity contribution in [3.8, 4) is 0 Å². The third-order valence-electron chi connectivity index (χ3n) is 3.61. The lowest BCUT2D eigenvalue weighted by molar-refractivity contribution is 0.210. The first-order valence-corrected chi connectivity index (χ1v) is 6.74. The summed E-state index contributed by atoms with van der Waals surface area (Å²) in [5, 5.41) is 11.1. The van der Waals surface area contributed by atoms with Crippen molar-refractivity contribution in [2.75, 3.05) is 16.8 Å². The topological polar surface area (TPSA) is 52.6 Å². The molecule has 0 bridgehead atoms. The van der Waals surface area contributed by atoms with E-state index < -0.39 is 6.09 Å². The van der Waals surface area contributed by atoms with Crippen LogP contribution in [0.1, 0.15) is 11.1 Å². The highest BCUT2D eigenvalue weighted by atomic mass is 19.1. The summed E-state index contributed by atoms with van der Waals surface area (Å²) in [6, 6.07) is 12.1. The molecule has 5 heteroatoms. The monoisotopic (exact) mass is 286 g/mol. The average molecular weight is 286 g/mol. The van der Waals surface area contributed by atoms with Gasteiger partial charge in [-0.15, -0.1) is 0 Å². The van der Waals surface area contributed by atoms with Gasteiger partial charge >= 0.3 is 6.09 Å². The molecule has 0 fully saturated rings. The standard InChI is InChI=1S/C16H15FN2O2/c17-13-3-1-11(2-4-13)10-19-8-7-12-9-14(18-16(20)21)5-6-15(12)19/h1-6,9,18H,7-8,10H2,(H,20,21). The summed E-state index contributed by atoms with van der Waals surface area (Å²) in [7, 11) is 0. The van der Waals surface area contributed by atoms with E-state index in [4.69, 9.17) is 5.11 Å². The summed E-state index contributed by atoms with van der Waals surface area (Å²) in [5.74, 6) is -0.232. The number of carboxylic acid groups (broad SMARTS) is 1. The number of hydrogen-bond donors (Lipinski definition) is 2. The Hall–Kier alpha value is -2.56. The second-order valence-electron chi connectivity index (χ2n) is 5.07. The predicted octanol–water partition coefficient (Wildman–Crippen LogP) is 3.48. The van der Waals surface area contributed by atoms with Crippen molar-refractivity contribution in [2.24, 2.45) is 0 Å². The van der Waals surface area contributed by atoms with Crippen molar-refractivity contribution in [1.82, 2.24) is 0 Å². The lowest BCUT2D eigenvalue weighted by Gasteiger charge is -2.19. The van der Waals surface area contributed by atoms with Crippen LogP contribution in [0.2, 0.25) is 0 Å². The Balaban J connectivity index is 1.77. The van der Waals surface area contributed by atoms with Crippen molar-refractivity contribution in [3.05, 3.63) is 59.4 Å². The van der Waals surface area contributed by atoms with Crippen LogP contribution in [0.4, 0.5) is 20.6 Å². The zero-order chi connectivity index (χ0) is 14.8. The van der Waals surface area contributed by atoms with Crippen LogP contribution in [0.3, 0.4) is 0 Å². The molecular weight excluding hydrogens is 271 g/mol. The first kappa shape index (κ1) is 13.4. The number of carbonyl (C=O) groups is 1. The fraction of sp³-hybridized carbons (Fsp3) is 0.188. The quantitative estimate of drug-likeness (QED) is 0.908. The third-order valence-corrected chi connectivity index (χ3v) is 3.61. The van der Waals surface area contributed by atoms with E-state index in [-0.39, 0.29) is 5.82 Å².